The van der Waals surface area contributed by atoms with Gasteiger partial charge in [0.1, 0.15) is 6.04 Å². The van der Waals surface area contributed by atoms with Crippen LogP contribution in [-0.4, -0.2) is 11.8 Å². The number of benzene rings is 1. The van der Waals surface area contributed by atoms with Crippen LogP contribution in [0.4, 0.5) is 0 Å². The topological polar surface area (TPSA) is 72.2 Å². The van der Waals surface area contributed by atoms with E-state index in [0.717, 1.165) is 10.9 Å². The lowest BCUT2D eigenvalue weighted by Gasteiger charge is -2.16. The zero-order chi connectivity index (χ0) is 14.4. The highest BCUT2D eigenvalue weighted by Gasteiger charge is 2.20. The third-order valence-electron chi connectivity index (χ3n) is 2.72. The quantitative estimate of drug-likeness (QED) is 0.843. The molecule has 104 valence electrons. The number of carbonyl (C=O) groups excluding carboxylic acids is 2. The van der Waals surface area contributed by atoms with Crippen LogP contribution in [0.5, 0.6) is 0 Å². The molecular weight excluding hydrogens is 308 g/mol. The van der Waals surface area contributed by atoms with E-state index < -0.39 is 11.9 Å². The monoisotopic (exact) mass is 326 g/mol. The van der Waals surface area contributed by atoms with Crippen LogP contribution in [0.3, 0.4) is 0 Å². The molecule has 4 nitrogen and oxygen atoms in total. The number of hydrogen-bond acceptors (Lipinski definition) is 2. The summed E-state index contributed by atoms with van der Waals surface area (Å²) in [5.41, 5.74) is 6.03. The van der Waals surface area contributed by atoms with Crippen LogP contribution in [0.25, 0.3) is 0 Å². The van der Waals surface area contributed by atoms with Gasteiger partial charge in [-0.3, -0.25) is 9.59 Å². The number of amides is 2. The van der Waals surface area contributed by atoms with Gasteiger partial charge in [-0.1, -0.05) is 41.9 Å². The lowest BCUT2D eigenvalue weighted by molar-refractivity contribution is -0.127. The average molecular weight is 327 g/mol. The van der Waals surface area contributed by atoms with Gasteiger partial charge in [0.2, 0.25) is 11.8 Å². The highest BCUT2D eigenvalue weighted by atomic mass is 79.9. The Morgan fingerprint density at radius 3 is 2.58 bits per heavy atom. The lowest BCUT2D eigenvalue weighted by Crippen LogP contribution is -2.37. The Morgan fingerprint density at radius 2 is 2.05 bits per heavy atom. The van der Waals surface area contributed by atoms with Crippen LogP contribution in [0.2, 0.25) is 0 Å². The summed E-state index contributed by atoms with van der Waals surface area (Å²) in [5.74, 6) is -0.267. The van der Waals surface area contributed by atoms with Crippen molar-refractivity contribution >= 4 is 27.7 Å². The Morgan fingerprint density at radius 1 is 1.37 bits per heavy atom. The van der Waals surface area contributed by atoms with E-state index >= 15 is 0 Å². The minimum absolute atomic E-state index is 0.155. The van der Waals surface area contributed by atoms with Crippen molar-refractivity contribution in [3.05, 3.63) is 34.3 Å². The van der Waals surface area contributed by atoms with Crippen LogP contribution >= 0.6 is 15.9 Å². The second kappa shape index (κ2) is 7.28. The number of nitrogens with two attached hydrogens (primary N) is 1. The second-order valence-electron chi connectivity index (χ2n) is 4.89. The number of rotatable bonds is 6. The summed E-state index contributed by atoms with van der Waals surface area (Å²) in [6.07, 6.45) is 1.19. The number of hydrogen-bond donors (Lipinski definition) is 2. The van der Waals surface area contributed by atoms with Gasteiger partial charge in [-0.25, -0.2) is 0 Å². The molecule has 0 aliphatic rings. The van der Waals surface area contributed by atoms with E-state index in [2.05, 4.69) is 21.2 Å². The van der Waals surface area contributed by atoms with Crippen molar-refractivity contribution < 1.29 is 9.59 Å². The van der Waals surface area contributed by atoms with Gasteiger partial charge < -0.3 is 11.1 Å². The molecule has 0 radical (unpaired) electrons. The first-order valence-electron chi connectivity index (χ1n) is 6.24. The first-order chi connectivity index (χ1) is 8.90. The van der Waals surface area contributed by atoms with Crippen LogP contribution in [-0.2, 0) is 9.59 Å². The molecule has 0 fully saturated rings. The van der Waals surface area contributed by atoms with Crippen molar-refractivity contribution in [1.29, 1.82) is 0 Å². The van der Waals surface area contributed by atoms with E-state index in [9.17, 15) is 9.59 Å². The SMILES string of the molecule is CC(C)CCC(=O)N[C@H](C(N)=O)c1cccc(Br)c1. The number of carbonyl (C=O) groups is 2. The first-order valence-corrected chi connectivity index (χ1v) is 7.03. The van der Waals surface area contributed by atoms with Gasteiger partial charge in [0.15, 0.2) is 0 Å². The number of halogens is 1. The van der Waals surface area contributed by atoms with Crippen molar-refractivity contribution in [1.82, 2.24) is 5.32 Å². The molecule has 1 aromatic carbocycles. The Bertz CT molecular complexity index is 461. The van der Waals surface area contributed by atoms with Gasteiger partial charge in [-0.05, 0) is 30.0 Å². The summed E-state index contributed by atoms with van der Waals surface area (Å²) in [4.78, 5) is 23.3. The predicted octanol–water partition coefficient (Wildman–Crippen LogP) is 2.53. The fourth-order valence-electron chi connectivity index (χ4n) is 1.66. The third-order valence-corrected chi connectivity index (χ3v) is 3.21. The van der Waals surface area contributed by atoms with Crippen molar-refractivity contribution in [3.8, 4) is 0 Å². The molecule has 5 heteroatoms. The van der Waals surface area contributed by atoms with Crippen LogP contribution in [0, 0.1) is 5.92 Å². The highest BCUT2D eigenvalue weighted by Crippen LogP contribution is 2.18. The van der Waals surface area contributed by atoms with Gasteiger partial charge in [0.25, 0.3) is 0 Å². The summed E-state index contributed by atoms with van der Waals surface area (Å²) in [7, 11) is 0. The summed E-state index contributed by atoms with van der Waals surface area (Å²) in [6.45, 7) is 4.10. The van der Waals surface area contributed by atoms with Crippen molar-refractivity contribution in [2.45, 2.75) is 32.7 Å². The molecule has 0 aliphatic carbocycles. The molecule has 0 aromatic heterocycles. The molecular formula is C14H19BrN2O2. The second-order valence-corrected chi connectivity index (χ2v) is 5.81. The van der Waals surface area contributed by atoms with Gasteiger partial charge in [-0.2, -0.15) is 0 Å². The molecule has 0 saturated heterocycles. The van der Waals surface area contributed by atoms with E-state index in [0.29, 0.717) is 17.9 Å². The van der Waals surface area contributed by atoms with E-state index in [-0.39, 0.29) is 5.91 Å². The zero-order valence-corrected chi connectivity index (χ0v) is 12.7. The maximum Gasteiger partial charge on any atom is 0.244 e. The molecule has 2 amide bonds. The largest absolute Gasteiger partial charge is 0.368 e. The normalized spacial score (nSPS) is 12.2. The highest BCUT2D eigenvalue weighted by molar-refractivity contribution is 9.10. The van der Waals surface area contributed by atoms with Crippen molar-refractivity contribution in [3.63, 3.8) is 0 Å². The Kier molecular flexibility index (Phi) is 6.02. The summed E-state index contributed by atoms with van der Waals surface area (Å²) < 4.78 is 0.840. The minimum Gasteiger partial charge on any atom is -0.368 e. The summed E-state index contributed by atoms with van der Waals surface area (Å²) in [6, 6.07) is 6.41. The Hall–Kier alpha value is -1.36. The van der Waals surface area contributed by atoms with Crippen LogP contribution in [0.15, 0.2) is 28.7 Å². The van der Waals surface area contributed by atoms with Gasteiger partial charge in [-0.15, -0.1) is 0 Å². The Labute approximate surface area is 121 Å². The third kappa shape index (κ3) is 5.42. The predicted molar refractivity (Wildman–Crippen MR) is 78.3 cm³/mol. The first kappa shape index (κ1) is 15.7. The minimum atomic E-state index is -0.780. The van der Waals surface area contributed by atoms with Crippen molar-refractivity contribution in [2.75, 3.05) is 0 Å². The molecule has 0 bridgehead atoms. The van der Waals surface area contributed by atoms with Crippen LogP contribution < -0.4 is 11.1 Å². The molecule has 1 atom stereocenters. The molecule has 3 N–H and O–H groups in total. The molecule has 0 saturated carbocycles. The van der Waals surface area contributed by atoms with E-state index in [4.69, 9.17) is 5.73 Å². The fraction of sp³-hybridized carbons (Fsp3) is 0.429. The number of nitrogens with one attached hydrogen (secondary N) is 1. The summed E-state index contributed by atoms with van der Waals surface area (Å²) in [5, 5.41) is 2.68. The maximum atomic E-state index is 11.8. The lowest BCUT2D eigenvalue weighted by atomic mass is 10.0. The van der Waals surface area contributed by atoms with Crippen molar-refractivity contribution in [2.24, 2.45) is 11.7 Å². The number of primary amides is 1. The smallest absolute Gasteiger partial charge is 0.244 e. The average Bonchev–Trinajstić information content (AvgIpc) is 2.33. The van der Waals surface area contributed by atoms with E-state index in [1.807, 2.05) is 19.9 Å². The Balaban J connectivity index is 2.74. The van der Waals surface area contributed by atoms with Gasteiger partial charge >= 0.3 is 0 Å². The molecule has 1 aromatic rings. The van der Waals surface area contributed by atoms with Gasteiger partial charge in [0.05, 0.1) is 0 Å². The fourth-order valence-corrected chi connectivity index (χ4v) is 2.07. The van der Waals surface area contributed by atoms with E-state index in [1.165, 1.54) is 0 Å². The van der Waals surface area contributed by atoms with Crippen LogP contribution in [0.1, 0.15) is 38.3 Å². The molecule has 0 unspecified atom stereocenters. The zero-order valence-electron chi connectivity index (χ0n) is 11.2. The molecule has 0 aliphatic heterocycles. The molecule has 0 spiro atoms. The molecule has 0 heterocycles. The maximum absolute atomic E-state index is 11.8. The van der Waals surface area contributed by atoms with Gasteiger partial charge in [0, 0.05) is 10.9 Å². The molecule has 1 rings (SSSR count). The molecule has 19 heavy (non-hydrogen) atoms. The standard InChI is InChI=1S/C14H19BrN2O2/c1-9(2)6-7-12(18)17-13(14(16)19)10-4-3-5-11(15)8-10/h3-5,8-9,13H,6-7H2,1-2H3,(H2,16,19)(H,17,18)/t13-/m0/s1. The van der Waals surface area contributed by atoms with E-state index in [1.54, 1.807) is 18.2 Å². The summed E-state index contributed by atoms with van der Waals surface area (Å²) >= 11 is 3.33.